The molecule has 2 heterocycles. The molecule has 1 atom stereocenters. The molecule has 0 saturated carbocycles. The first kappa shape index (κ1) is 12.3. The summed E-state index contributed by atoms with van der Waals surface area (Å²) >= 11 is 0. The quantitative estimate of drug-likeness (QED) is 0.880. The zero-order valence-corrected chi connectivity index (χ0v) is 8.96. The Morgan fingerprint density at radius 1 is 1.47 bits per heavy atom. The molecule has 1 aliphatic heterocycles. The van der Waals surface area contributed by atoms with Crippen molar-refractivity contribution in [3.63, 3.8) is 0 Å². The molecular formula is C9H12F3N3O2. The average molecular weight is 251 g/mol. The van der Waals surface area contributed by atoms with Gasteiger partial charge in [-0.25, -0.2) is 0 Å². The first-order valence-electron chi connectivity index (χ1n) is 5.25. The molecule has 1 aromatic heterocycles. The second-order valence-corrected chi connectivity index (χ2v) is 3.81. The van der Waals surface area contributed by atoms with Gasteiger partial charge in [0.05, 0.1) is 6.04 Å². The van der Waals surface area contributed by atoms with Gasteiger partial charge in [0.15, 0.2) is 5.82 Å². The van der Waals surface area contributed by atoms with Crippen molar-refractivity contribution in [3.05, 3.63) is 11.7 Å². The number of hydrogen-bond donors (Lipinski definition) is 1. The summed E-state index contributed by atoms with van der Waals surface area (Å²) in [7, 11) is 0. The second-order valence-electron chi connectivity index (χ2n) is 3.81. The van der Waals surface area contributed by atoms with Crippen LogP contribution >= 0.6 is 0 Å². The van der Waals surface area contributed by atoms with E-state index in [1.165, 1.54) is 0 Å². The number of nitrogens with zero attached hydrogens (tertiary/aromatic N) is 2. The largest absolute Gasteiger partial charge is 0.411 e. The van der Waals surface area contributed by atoms with Gasteiger partial charge in [-0.1, -0.05) is 5.16 Å². The molecule has 0 unspecified atom stereocenters. The van der Waals surface area contributed by atoms with Crippen molar-refractivity contribution in [2.45, 2.75) is 31.7 Å². The standard InChI is InChI=1S/C9H12F3N3O2/c10-9(11,12)5-16-4-7-14-8(17-15-7)6-2-1-3-13-6/h6,13H,1-5H2/t6-/m1/s1. The summed E-state index contributed by atoms with van der Waals surface area (Å²) in [5.41, 5.74) is 0. The fourth-order valence-corrected chi connectivity index (χ4v) is 1.62. The van der Waals surface area contributed by atoms with Crippen LogP contribution in [-0.2, 0) is 11.3 Å². The molecule has 1 aromatic rings. The normalized spacial score (nSPS) is 21.0. The van der Waals surface area contributed by atoms with E-state index in [1.807, 2.05) is 0 Å². The van der Waals surface area contributed by atoms with Crippen molar-refractivity contribution in [1.82, 2.24) is 15.5 Å². The van der Waals surface area contributed by atoms with Crippen molar-refractivity contribution in [2.24, 2.45) is 0 Å². The third kappa shape index (κ3) is 3.67. The van der Waals surface area contributed by atoms with Gasteiger partial charge in [0.1, 0.15) is 13.2 Å². The van der Waals surface area contributed by atoms with Gasteiger partial charge in [-0.15, -0.1) is 0 Å². The van der Waals surface area contributed by atoms with Crippen LogP contribution in [0.2, 0.25) is 0 Å². The molecule has 0 spiro atoms. The first-order chi connectivity index (χ1) is 8.04. The Kier molecular flexibility index (Phi) is 3.63. The van der Waals surface area contributed by atoms with Crippen molar-refractivity contribution < 1.29 is 22.4 Å². The summed E-state index contributed by atoms with van der Waals surface area (Å²) in [5.74, 6) is 0.547. The second kappa shape index (κ2) is 5.01. The fraction of sp³-hybridized carbons (Fsp3) is 0.778. The molecule has 96 valence electrons. The van der Waals surface area contributed by atoms with Crippen LogP contribution in [0.4, 0.5) is 13.2 Å². The van der Waals surface area contributed by atoms with E-state index in [4.69, 9.17) is 4.52 Å². The summed E-state index contributed by atoms with van der Waals surface area (Å²) in [6.07, 6.45) is -2.42. The van der Waals surface area contributed by atoms with E-state index in [9.17, 15) is 13.2 Å². The number of hydrogen-bond acceptors (Lipinski definition) is 5. The number of rotatable bonds is 4. The van der Waals surface area contributed by atoms with E-state index in [0.717, 1.165) is 19.4 Å². The summed E-state index contributed by atoms with van der Waals surface area (Å²) in [6.45, 7) is -0.721. The van der Waals surface area contributed by atoms with Gasteiger partial charge in [0, 0.05) is 0 Å². The highest BCUT2D eigenvalue weighted by atomic mass is 19.4. The lowest BCUT2D eigenvalue weighted by Crippen LogP contribution is -2.17. The molecule has 2 rings (SSSR count). The number of ether oxygens (including phenoxy) is 1. The van der Waals surface area contributed by atoms with E-state index in [0.29, 0.717) is 5.89 Å². The maximum atomic E-state index is 11.8. The number of alkyl halides is 3. The molecule has 1 fully saturated rings. The van der Waals surface area contributed by atoms with E-state index >= 15 is 0 Å². The molecule has 0 aromatic carbocycles. The molecule has 17 heavy (non-hydrogen) atoms. The lowest BCUT2D eigenvalue weighted by atomic mass is 10.2. The minimum absolute atomic E-state index is 0.0128. The van der Waals surface area contributed by atoms with E-state index < -0.39 is 12.8 Å². The summed E-state index contributed by atoms with van der Waals surface area (Å²) in [6, 6.07) is 0.0128. The van der Waals surface area contributed by atoms with Crippen LogP contribution in [0.15, 0.2) is 4.52 Å². The first-order valence-corrected chi connectivity index (χ1v) is 5.25. The number of aromatic nitrogens is 2. The minimum atomic E-state index is -4.33. The Morgan fingerprint density at radius 2 is 2.29 bits per heavy atom. The predicted octanol–water partition coefficient (Wildman–Crippen LogP) is 1.57. The van der Waals surface area contributed by atoms with Gasteiger partial charge in [0.2, 0.25) is 5.89 Å². The highest BCUT2D eigenvalue weighted by molar-refractivity contribution is 4.94. The van der Waals surface area contributed by atoms with Gasteiger partial charge >= 0.3 is 6.18 Å². The summed E-state index contributed by atoms with van der Waals surface area (Å²) in [4.78, 5) is 3.98. The van der Waals surface area contributed by atoms with Crippen LogP contribution < -0.4 is 5.32 Å². The van der Waals surface area contributed by atoms with Crippen LogP contribution in [-0.4, -0.2) is 29.5 Å². The number of halogens is 3. The maximum absolute atomic E-state index is 11.8. The summed E-state index contributed by atoms with van der Waals surface area (Å²) in [5, 5.41) is 6.71. The molecule has 1 N–H and O–H groups in total. The van der Waals surface area contributed by atoms with Crippen LogP contribution in [0.5, 0.6) is 0 Å². The van der Waals surface area contributed by atoms with Gasteiger partial charge in [-0.05, 0) is 19.4 Å². The smallest absolute Gasteiger partial charge is 0.364 e. The number of nitrogens with one attached hydrogen (secondary N) is 1. The molecule has 1 aliphatic rings. The minimum Gasteiger partial charge on any atom is -0.364 e. The molecule has 1 saturated heterocycles. The highest BCUT2D eigenvalue weighted by Crippen LogP contribution is 2.21. The topological polar surface area (TPSA) is 60.2 Å². The molecule has 0 amide bonds. The third-order valence-electron chi connectivity index (χ3n) is 2.34. The third-order valence-corrected chi connectivity index (χ3v) is 2.34. The lowest BCUT2D eigenvalue weighted by molar-refractivity contribution is -0.177. The highest BCUT2D eigenvalue weighted by Gasteiger charge is 2.28. The monoisotopic (exact) mass is 251 g/mol. The lowest BCUT2D eigenvalue weighted by Gasteiger charge is -2.04. The Morgan fingerprint density at radius 3 is 2.94 bits per heavy atom. The van der Waals surface area contributed by atoms with E-state index in [2.05, 4.69) is 20.2 Å². The zero-order chi connectivity index (χ0) is 12.3. The SMILES string of the molecule is FC(F)(F)COCc1noc([C@H]2CCCN2)n1. The molecule has 0 radical (unpaired) electrons. The Bertz CT molecular complexity index is 361. The van der Waals surface area contributed by atoms with Gasteiger partial charge in [-0.2, -0.15) is 18.2 Å². The van der Waals surface area contributed by atoms with Crippen molar-refractivity contribution in [3.8, 4) is 0 Å². The maximum Gasteiger partial charge on any atom is 0.411 e. The van der Waals surface area contributed by atoms with Crippen molar-refractivity contribution >= 4 is 0 Å². The molecule has 8 heteroatoms. The van der Waals surface area contributed by atoms with Crippen molar-refractivity contribution in [2.75, 3.05) is 13.2 Å². The van der Waals surface area contributed by atoms with E-state index in [-0.39, 0.29) is 18.5 Å². The van der Waals surface area contributed by atoms with Crippen LogP contribution in [0, 0.1) is 0 Å². The van der Waals surface area contributed by atoms with Crippen LogP contribution in [0.3, 0.4) is 0 Å². The van der Waals surface area contributed by atoms with Crippen LogP contribution in [0.25, 0.3) is 0 Å². The Labute approximate surface area is 95.3 Å². The fourth-order valence-electron chi connectivity index (χ4n) is 1.62. The van der Waals surface area contributed by atoms with E-state index in [1.54, 1.807) is 0 Å². The molecule has 5 nitrogen and oxygen atoms in total. The Balaban J connectivity index is 1.81. The van der Waals surface area contributed by atoms with Crippen molar-refractivity contribution in [1.29, 1.82) is 0 Å². The van der Waals surface area contributed by atoms with Gasteiger partial charge in [-0.3, -0.25) is 0 Å². The molecular weight excluding hydrogens is 239 g/mol. The predicted molar refractivity (Wildman–Crippen MR) is 50.0 cm³/mol. The summed E-state index contributed by atoms with van der Waals surface area (Å²) < 4.78 is 44.8. The average Bonchev–Trinajstić information content (AvgIpc) is 2.83. The van der Waals surface area contributed by atoms with Gasteiger partial charge in [0.25, 0.3) is 0 Å². The molecule has 0 bridgehead atoms. The van der Waals surface area contributed by atoms with Crippen LogP contribution in [0.1, 0.15) is 30.6 Å². The zero-order valence-electron chi connectivity index (χ0n) is 8.96. The Hall–Kier alpha value is -1.15. The molecule has 0 aliphatic carbocycles. The van der Waals surface area contributed by atoms with Gasteiger partial charge < -0.3 is 14.6 Å².